The molecule has 4 heteroatoms. The Morgan fingerprint density at radius 2 is 1.62 bits per heavy atom. The number of nitriles is 1. The zero-order valence-electron chi connectivity index (χ0n) is 12.5. The minimum Gasteiger partial charge on any atom is -0.282 e. The summed E-state index contributed by atoms with van der Waals surface area (Å²) in [6.45, 7) is 0. The fourth-order valence-corrected chi connectivity index (χ4v) is 3.52. The van der Waals surface area contributed by atoms with Crippen molar-refractivity contribution < 1.29 is 4.79 Å². The zero-order chi connectivity index (χ0) is 16.7. The van der Waals surface area contributed by atoms with Crippen LogP contribution in [0.5, 0.6) is 0 Å². The molecule has 24 heavy (non-hydrogen) atoms. The smallest absolute Gasteiger partial charge is 0.263 e. The summed E-state index contributed by atoms with van der Waals surface area (Å²) in [6.07, 6.45) is 1.61. The van der Waals surface area contributed by atoms with Gasteiger partial charge in [0, 0.05) is 21.6 Å². The van der Waals surface area contributed by atoms with Gasteiger partial charge in [-0.25, -0.2) is 0 Å². The van der Waals surface area contributed by atoms with Crippen LogP contribution in [-0.4, -0.2) is 10.5 Å². The Kier molecular flexibility index (Phi) is 3.44. The molecule has 0 saturated carbocycles. The molecule has 1 aromatic heterocycles. The Hall–Kier alpha value is -2.90. The Morgan fingerprint density at radius 3 is 2.46 bits per heavy atom. The molecule has 0 unspecified atom stereocenters. The summed E-state index contributed by atoms with van der Waals surface area (Å²) in [4.78, 5) is 13.2. The van der Waals surface area contributed by atoms with Gasteiger partial charge in [-0.3, -0.25) is 9.36 Å². The molecule has 0 bridgehead atoms. The summed E-state index contributed by atoms with van der Waals surface area (Å²) in [7, 11) is 0. The molecule has 3 nitrogen and oxygen atoms in total. The molecule has 3 aromatic carbocycles. The second-order valence-electron chi connectivity index (χ2n) is 5.49. The molecule has 0 N–H and O–H groups in total. The number of rotatable bonds is 1. The second-order valence-corrected chi connectivity index (χ2v) is 6.34. The Balaban J connectivity index is 1.99. The maximum Gasteiger partial charge on any atom is 0.263 e. The molecule has 114 valence electrons. The van der Waals surface area contributed by atoms with Crippen molar-refractivity contribution in [2.75, 3.05) is 0 Å². The molecule has 0 fully saturated rings. The average molecular weight is 375 g/mol. The Morgan fingerprint density at radius 1 is 0.917 bits per heavy atom. The van der Waals surface area contributed by atoms with Gasteiger partial charge in [-0.15, -0.1) is 0 Å². The molecule has 0 saturated heterocycles. The third kappa shape index (κ3) is 2.14. The summed E-state index contributed by atoms with van der Waals surface area (Å²) in [5, 5.41) is 12.0. The lowest BCUT2D eigenvalue weighted by Crippen LogP contribution is -2.11. The number of para-hydroxylation sites is 1. The first kappa shape index (κ1) is 14.7. The monoisotopic (exact) mass is 374 g/mol. The number of fused-ring (bicyclic) bond motifs is 2. The lowest BCUT2D eigenvalue weighted by molar-refractivity contribution is 0.0966. The van der Waals surface area contributed by atoms with E-state index in [9.17, 15) is 10.1 Å². The third-order valence-corrected chi connectivity index (χ3v) is 4.84. The molecule has 0 amide bonds. The lowest BCUT2D eigenvalue weighted by atomic mass is 10.0. The van der Waals surface area contributed by atoms with E-state index in [1.807, 2.05) is 60.7 Å². The van der Waals surface area contributed by atoms with Crippen LogP contribution in [0, 0.1) is 11.3 Å². The van der Waals surface area contributed by atoms with E-state index in [1.165, 1.54) is 0 Å². The van der Waals surface area contributed by atoms with Gasteiger partial charge in [-0.2, -0.15) is 5.26 Å². The van der Waals surface area contributed by atoms with Crippen LogP contribution in [0.15, 0.2) is 71.3 Å². The fourth-order valence-electron chi connectivity index (χ4n) is 3.02. The summed E-state index contributed by atoms with van der Waals surface area (Å²) >= 11 is 3.53. The number of nitrogens with zero attached hydrogens (tertiary/aromatic N) is 2. The number of carbonyl (C=O) groups is 1. The SMILES string of the molecule is N#Cc1cn(C(=O)c2cccc3c(Br)cccc23)c2ccccc12. The van der Waals surface area contributed by atoms with Crippen LogP contribution in [0.3, 0.4) is 0 Å². The maximum atomic E-state index is 13.2. The summed E-state index contributed by atoms with van der Waals surface area (Å²) in [5.74, 6) is -0.142. The van der Waals surface area contributed by atoms with Gasteiger partial charge in [0.15, 0.2) is 0 Å². The number of hydrogen-bond donors (Lipinski definition) is 0. The molecule has 0 radical (unpaired) electrons. The standard InChI is InChI=1S/C20H11BrN2O/c21-18-9-4-6-15-16(18)7-3-8-17(15)20(24)23-12-13(11-22)14-5-1-2-10-19(14)23/h1-10,12H. The zero-order valence-corrected chi connectivity index (χ0v) is 14.1. The van der Waals surface area contributed by atoms with Crippen molar-refractivity contribution in [1.82, 2.24) is 4.57 Å². The molecule has 0 aliphatic carbocycles. The first-order valence-corrected chi connectivity index (χ1v) is 8.22. The van der Waals surface area contributed by atoms with Crippen LogP contribution >= 0.6 is 15.9 Å². The molecule has 1 heterocycles. The minimum absolute atomic E-state index is 0.142. The first-order chi connectivity index (χ1) is 11.7. The number of benzene rings is 3. The van der Waals surface area contributed by atoms with E-state index in [4.69, 9.17) is 0 Å². The molecule has 4 aromatic rings. The third-order valence-electron chi connectivity index (χ3n) is 4.15. The van der Waals surface area contributed by atoms with E-state index in [1.54, 1.807) is 10.8 Å². The molecular formula is C20H11BrN2O. The highest BCUT2D eigenvalue weighted by molar-refractivity contribution is 9.10. The van der Waals surface area contributed by atoms with Gasteiger partial charge >= 0.3 is 0 Å². The van der Waals surface area contributed by atoms with Crippen molar-refractivity contribution in [3.63, 3.8) is 0 Å². The largest absolute Gasteiger partial charge is 0.282 e. The van der Waals surface area contributed by atoms with Gasteiger partial charge in [0.2, 0.25) is 0 Å². The summed E-state index contributed by atoms with van der Waals surface area (Å²) < 4.78 is 2.51. The van der Waals surface area contributed by atoms with Crippen molar-refractivity contribution >= 4 is 43.5 Å². The molecule has 0 atom stereocenters. The Labute approximate surface area is 146 Å². The number of carbonyl (C=O) groups excluding carboxylic acids is 1. The fraction of sp³-hybridized carbons (Fsp3) is 0. The molecule has 0 aliphatic heterocycles. The van der Waals surface area contributed by atoms with Crippen molar-refractivity contribution in [1.29, 1.82) is 5.26 Å². The molecule has 4 rings (SSSR count). The maximum absolute atomic E-state index is 13.2. The summed E-state index contributed by atoms with van der Waals surface area (Å²) in [5.41, 5.74) is 1.85. The van der Waals surface area contributed by atoms with Gasteiger partial charge in [-0.05, 0) is 29.0 Å². The minimum atomic E-state index is -0.142. The van der Waals surface area contributed by atoms with Gasteiger partial charge in [0.05, 0.1) is 11.1 Å². The normalized spacial score (nSPS) is 10.8. The van der Waals surface area contributed by atoms with Gasteiger partial charge in [0.25, 0.3) is 5.91 Å². The molecular weight excluding hydrogens is 364 g/mol. The number of halogens is 1. The average Bonchev–Trinajstić information content (AvgIpc) is 3.00. The highest BCUT2D eigenvalue weighted by Crippen LogP contribution is 2.28. The Bertz CT molecular complexity index is 1150. The van der Waals surface area contributed by atoms with Crippen LogP contribution in [0.2, 0.25) is 0 Å². The van der Waals surface area contributed by atoms with E-state index in [0.29, 0.717) is 11.1 Å². The van der Waals surface area contributed by atoms with E-state index in [2.05, 4.69) is 22.0 Å². The van der Waals surface area contributed by atoms with E-state index < -0.39 is 0 Å². The van der Waals surface area contributed by atoms with Crippen LogP contribution in [0.1, 0.15) is 15.9 Å². The van der Waals surface area contributed by atoms with Crippen LogP contribution in [0.4, 0.5) is 0 Å². The predicted molar refractivity (Wildman–Crippen MR) is 98.0 cm³/mol. The number of aromatic nitrogens is 1. The van der Waals surface area contributed by atoms with E-state index >= 15 is 0 Å². The molecule has 0 aliphatic rings. The predicted octanol–water partition coefficient (Wildman–Crippen LogP) is 5.12. The van der Waals surface area contributed by atoms with Crippen LogP contribution < -0.4 is 0 Å². The highest BCUT2D eigenvalue weighted by atomic mass is 79.9. The van der Waals surface area contributed by atoms with E-state index in [0.717, 1.165) is 26.1 Å². The van der Waals surface area contributed by atoms with Crippen molar-refractivity contribution in [3.8, 4) is 6.07 Å². The first-order valence-electron chi connectivity index (χ1n) is 7.43. The number of hydrogen-bond acceptors (Lipinski definition) is 2. The quantitative estimate of drug-likeness (QED) is 0.464. The van der Waals surface area contributed by atoms with Gasteiger partial charge in [0.1, 0.15) is 6.07 Å². The van der Waals surface area contributed by atoms with Crippen LogP contribution in [0.25, 0.3) is 21.7 Å². The van der Waals surface area contributed by atoms with Gasteiger partial charge in [-0.1, -0.05) is 58.4 Å². The second kappa shape index (κ2) is 5.63. The van der Waals surface area contributed by atoms with Gasteiger partial charge < -0.3 is 0 Å². The van der Waals surface area contributed by atoms with Crippen molar-refractivity contribution in [2.45, 2.75) is 0 Å². The summed E-state index contributed by atoms with van der Waals surface area (Å²) in [6, 6.07) is 21.1. The molecule has 0 spiro atoms. The topological polar surface area (TPSA) is 45.8 Å². The highest BCUT2D eigenvalue weighted by Gasteiger charge is 2.17. The van der Waals surface area contributed by atoms with Crippen molar-refractivity contribution in [3.05, 3.63) is 82.5 Å². The van der Waals surface area contributed by atoms with E-state index in [-0.39, 0.29) is 5.91 Å². The van der Waals surface area contributed by atoms with Crippen LogP contribution in [-0.2, 0) is 0 Å². The lowest BCUT2D eigenvalue weighted by Gasteiger charge is -2.08. The van der Waals surface area contributed by atoms with Crippen molar-refractivity contribution in [2.24, 2.45) is 0 Å².